The molecule has 0 bridgehead atoms. The van der Waals surface area contributed by atoms with Gasteiger partial charge < -0.3 is 5.32 Å². The number of nitrogens with one attached hydrogen (secondary N) is 1. The monoisotopic (exact) mass is 289 g/mol. The highest BCUT2D eigenvalue weighted by Gasteiger charge is 2.19. The normalized spacial score (nSPS) is 16.1. The molecule has 0 radical (unpaired) electrons. The van der Waals surface area contributed by atoms with E-state index in [-0.39, 0.29) is 0 Å². The van der Waals surface area contributed by atoms with E-state index in [1.807, 2.05) is 6.92 Å². The highest BCUT2D eigenvalue weighted by atomic mass is 19.2. The summed E-state index contributed by atoms with van der Waals surface area (Å²) in [5.74, 6) is -0.568. The van der Waals surface area contributed by atoms with Crippen LogP contribution in [-0.2, 0) is 0 Å². The van der Waals surface area contributed by atoms with Crippen LogP contribution in [0.3, 0.4) is 0 Å². The number of rotatable bonds is 2. The average molecular weight is 289 g/mol. The quantitative estimate of drug-likeness (QED) is 0.922. The predicted octanol–water partition coefficient (Wildman–Crippen LogP) is 3.20. The fourth-order valence-corrected chi connectivity index (χ4v) is 2.66. The average Bonchev–Trinajstić information content (AvgIpc) is 2.50. The van der Waals surface area contributed by atoms with Gasteiger partial charge in [-0.25, -0.2) is 18.7 Å². The number of piperidine rings is 1. The van der Waals surface area contributed by atoms with E-state index in [0.29, 0.717) is 17.2 Å². The Morgan fingerprint density at radius 1 is 1.05 bits per heavy atom. The summed E-state index contributed by atoms with van der Waals surface area (Å²) in [4.78, 5) is 9.09. The van der Waals surface area contributed by atoms with E-state index in [0.717, 1.165) is 43.5 Å². The molecule has 1 aliphatic heterocycles. The minimum atomic E-state index is -0.854. The molecule has 110 valence electrons. The third-order valence-corrected chi connectivity index (χ3v) is 3.79. The molecule has 1 fully saturated rings. The van der Waals surface area contributed by atoms with E-state index < -0.39 is 11.6 Å². The first-order valence-corrected chi connectivity index (χ1v) is 7.15. The lowest BCUT2D eigenvalue weighted by Crippen LogP contribution is -2.27. The molecule has 0 saturated carbocycles. The molecule has 2 aromatic rings. The zero-order chi connectivity index (χ0) is 14.8. The number of hydrogen-bond acceptors (Lipinski definition) is 3. The molecule has 0 atom stereocenters. The minimum absolute atomic E-state index is 0.329. The van der Waals surface area contributed by atoms with E-state index in [1.165, 1.54) is 6.07 Å². The molecule has 1 saturated heterocycles. The second-order valence-electron chi connectivity index (χ2n) is 5.41. The summed E-state index contributed by atoms with van der Waals surface area (Å²) >= 11 is 0. The lowest BCUT2D eigenvalue weighted by Gasteiger charge is -2.22. The van der Waals surface area contributed by atoms with Gasteiger partial charge in [0.05, 0.1) is 5.69 Å². The maximum absolute atomic E-state index is 13.4. The number of hydrogen-bond donors (Lipinski definition) is 1. The van der Waals surface area contributed by atoms with Gasteiger partial charge in [-0.15, -0.1) is 0 Å². The van der Waals surface area contributed by atoms with Gasteiger partial charge in [0, 0.05) is 17.2 Å². The Labute approximate surface area is 122 Å². The van der Waals surface area contributed by atoms with Gasteiger partial charge in [0.25, 0.3) is 0 Å². The molecule has 0 spiro atoms. The summed E-state index contributed by atoms with van der Waals surface area (Å²) in [6, 6.07) is 5.67. The van der Waals surface area contributed by atoms with Crippen molar-refractivity contribution in [3.8, 4) is 11.3 Å². The Morgan fingerprint density at radius 2 is 1.81 bits per heavy atom. The number of halogens is 2. The second kappa shape index (κ2) is 5.85. The van der Waals surface area contributed by atoms with Crippen LogP contribution in [-0.4, -0.2) is 23.1 Å². The predicted molar refractivity (Wildman–Crippen MR) is 77.0 cm³/mol. The molecule has 5 heteroatoms. The van der Waals surface area contributed by atoms with Crippen molar-refractivity contribution in [3.05, 3.63) is 47.4 Å². The van der Waals surface area contributed by atoms with Gasteiger partial charge >= 0.3 is 0 Å². The number of benzene rings is 1. The summed E-state index contributed by atoms with van der Waals surface area (Å²) in [5.41, 5.74) is 2.07. The molecule has 1 aliphatic rings. The SMILES string of the molecule is Cc1cc(-c2ccc(F)c(F)c2)nc(C2CCNCC2)n1. The second-order valence-corrected chi connectivity index (χ2v) is 5.41. The molecule has 0 unspecified atom stereocenters. The number of nitrogens with zero attached hydrogens (tertiary/aromatic N) is 2. The first kappa shape index (κ1) is 14.1. The van der Waals surface area contributed by atoms with Crippen LogP contribution in [0, 0.1) is 18.6 Å². The van der Waals surface area contributed by atoms with E-state index in [2.05, 4.69) is 15.3 Å². The van der Waals surface area contributed by atoms with Crippen molar-refractivity contribution in [2.75, 3.05) is 13.1 Å². The van der Waals surface area contributed by atoms with Gasteiger partial charge in [-0.05, 0) is 57.1 Å². The molecule has 21 heavy (non-hydrogen) atoms. The third kappa shape index (κ3) is 3.08. The van der Waals surface area contributed by atoms with Crippen molar-refractivity contribution in [3.63, 3.8) is 0 Å². The molecule has 0 amide bonds. The molecule has 1 N–H and O–H groups in total. The smallest absolute Gasteiger partial charge is 0.159 e. The van der Waals surface area contributed by atoms with Crippen LogP contribution in [0.5, 0.6) is 0 Å². The fraction of sp³-hybridized carbons (Fsp3) is 0.375. The topological polar surface area (TPSA) is 37.8 Å². The van der Waals surface area contributed by atoms with E-state index in [9.17, 15) is 8.78 Å². The van der Waals surface area contributed by atoms with Crippen LogP contribution in [0.2, 0.25) is 0 Å². The van der Waals surface area contributed by atoms with E-state index in [4.69, 9.17) is 0 Å². The van der Waals surface area contributed by atoms with Gasteiger partial charge in [0.1, 0.15) is 5.82 Å². The highest BCUT2D eigenvalue weighted by Crippen LogP contribution is 2.26. The number of aromatic nitrogens is 2. The molecular formula is C16H17F2N3. The van der Waals surface area contributed by atoms with Gasteiger partial charge in [-0.2, -0.15) is 0 Å². The molecule has 3 nitrogen and oxygen atoms in total. The largest absolute Gasteiger partial charge is 0.317 e. The zero-order valence-corrected chi connectivity index (χ0v) is 11.9. The molecule has 1 aromatic carbocycles. The number of aryl methyl sites for hydroxylation is 1. The molecular weight excluding hydrogens is 272 g/mol. The van der Waals surface area contributed by atoms with Crippen LogP contribution < -0.4 is 5.32 Å². The summed E-state index contributed by atoms with van der Waals surface area (Å²) in [7, 11) is 0. The van der Waals surface area contributed by atoms with Crippen LogP contribution >= 0.6 is 0 Å². The first-order chi connectivity index (χ1) is 10.1. The first-order valence-electron chi connectivity index (χ1n) is 7.15. The molecule has 1 aromatic heterocycles. The Kier molecular flexibility index (Phi) is 3.92. The molecule has 2 heterocycles. The van der Waals surface area contributed by atoms with Crippen LogP contribution in [0.4, 0.5) is 8.78 Å². The summed E-state index contributed by atoms with van der Waals surface area (Å²) in [5, 5.41) is 3.31. The Hall–Kier alpha value is -1.88. The Morgan fingerprint density at radius 3 is 2.52 bits per heavy atom. The highest BCUT2D eigenvalue weighted by molar-refractivity contribution is 5.59. The lowest BCUT2D eigenvalue weighted by molar-refractivity contribution is 0.444. The van der Waals surface area contributed by atoms with Crippen LogP contribution in [0.25, 0.3) is 11.3 Å². The van der Waals surface area contributed by atoms with Gasteiger partial charge in [0.15, 0.2) is 11.6 Å². The molecule has 0 aliphatic carbocycles. The van der Waals surface area contributed by atoms with Crippen LogP contribution in [0.1, 0.15) is 30.3 Å². The zero-order valence-electron chi connectivity index (χ0n) is 11.9. The van der Waals surface area contributed by atoms with Crippen molar-refractivity contribution in [2.45, 2.75) is 25.7 Å². The molecule has 3 rings (SSSR count). The maximum Gasteiger partial charge on any atom is 0.159 e. The van der Waals surface area contributed by atoms with Gasteiger partial charge in [-0.1, -0.05) is 0 Å². The fourth-order valence-electron chi connectivity index (χ4n) is 2.66. The summed E-state index contributed by atoms with van der Waals surface area (Å²) in [6.07, 6.45) is 2.00. The van der Waals surface area contributed by atoms with Gasteiger partial charge in [0.2, 0.25) is 0 Å². The van der Waals surface area contributed by atoms with E-state index in [1.54, 1.807) is 12.1 Å². The van der Waals surface area contributed by atoms with E-state index >= 15 is 0 Å². The van der Waals surface area contributed by atoms with Gasteiger partial charge in [-0.3, -0.25) is 0 Å². The standard InChI is InChI=1S/C16H17F2N3/c1-10-8-15(12-2-3-13(17)14(18)9-12)21-16(20-10)11-4-6-19-7-5-11/h2-3,8-9,11,19H,4-7H2,1H3. The third-order valence-electron chi connectivity index (χ3n) is 3.79. The van der Waals surface area contributed by atoms with Crippen LogP contribution in [0.15, 0.2) is 24.3 Å². The summed E-state index contributed by atoms with van der Waals surface area (Å²) < 4.78 is 26.4. The summed E-state index contributed by atoms with van der Waals surface area (Å²) in [6.45, 7) is 3.82. The maximum atomic E-state index is 13.4. The van der Waals surface area contributed by atoms with Crippen molar-refractivity contribution in [2.24, 2.45) is 0 Å². The van der Waals surface area contributed by atoms with Crippen molar-refractivity contribution in [1.82, 2.24) is 15.3 Å². The lowest BCUT2D eigenvalue weighted by atomic mass is 9.97. The van der Waals surface area contributed by atoms with Crippen molar-refractivity contribution < 1.29 is 8.78 Å². The van der Waals surface area contributed by atoms with Crippen molar-refractivity contribution >= 4 is 0 Å². The Balaban J connectivity index is 1.98. The Bertz CT molecular complexity index is 652. The van der Waals surface area contributed by atoms with Crippen molar-refractivity contribution in [1.29, 1.82) is 0 Å². The minimum Gasteiger partial charge on any atom is -0.317 e.